The minimum Gasteiger partial charge on any atom is -0.293 e. The number of hydrogen-bond acceptors (Lipinski definition) is 2. The number of carbonyl (C=O) groups excluding carboxylic acids is 1. The van der Waals surface area contributed by atoms with Crippen LogP contribution in [0.2, 0.25) is 0 Å². The average molecular weight is 292 g/mol. The third kappa shape index (κ3) is 3.25. The van der Waals surface area contributed by atoms with Crippen LogP contribution in [0.4, 0.5) is 8.78 Å². The highest BCUT2D eigenvalue weighted by molar-refractivity contribution is 8.00. The fourth-order valence-electron chi connectivity index (χ4n) is 1.84. The van der Waals surface area contributed by atoms with Crippen LogP contribution < -0.4 is 0 Å². The molecule has 1 nitrogen and oxygen atoms in total. The van der Waals surface area contributed by atoms with Crippen molar-refractivity contribution in [1.82, 2.24) is 0 Å². The topological polar surface area (TPSA) is 17.1 Å². The molecule has 0 heterocycles. The molecule has 104 valence electrons. The van der Waals surface area contributed by atoms with Gasteiger partial charge < -0.3 is 0 Å². The molecule has 0 aliphatic carbocycles. The number of rotatable bonds is 4. The summed E-state index contributed by atoms with van der Waals surface area (Å²) in [5.41, 5.74) is 1.68. The van der Waals surface area contributed by atoms with Crippen molar-refractivity contribution in [2.45, 2.75) is 18.7 Å². The van der Waals surface area contributed by atoms with Crippen molar-refractivity contribution in [3.63, 3.8) is 0 Å². The number of carbonyl (C=O) groups is 1. The van der Waals surface area contributed by atoms with E-state index in [1.807, 2.05) is 32.0 Å². The van der Waals surface area contributed by atoms with Crippen LogP contribution in [-0.2, 0) is 0 Å². The van der Waals surface area contributed by atoms with Gasteiger partial charge in [0, 0.05) is 4.90 Å². The maximum Gasteiger partial charge on any atom is 0.178 e. The predicted octanol–water partition coefficient (Wildman–Crippen LogP) is 4.56. The molecule has 0 aliphatic rings. The van der Waals surface area contributed by atoms with Gasteiger partial charge in [-0.25, -0.2) is 8.78 Å². The number of aryl methyl sites for hydroxylation is 2. The third-order valence-electron chi connectivity index (χ3n) is 2.94. The van der Waals surface area contributed by atoms with Gasteiger partial charge in [-0.1, -0.05) is 23.8 Å². The zero-order valence-corrected chi connectivity index (χ0v) is 12.1. The molecule has 0 fully saturated rings. The van der Waals surface area contributed by atoms with Crippen molar-refractivity contribution in [2.75, 3.05) is 5.75 Å². The first-order valence-corrected chi connectivity index (χ1v) is 7.15. The molecule has 0 bridgehead atoms. The van der Waals surface area contributed by atoms with Crippen molar-refractivity contribution in [3.05, 3.63) is 64.7 Å². The van der Waals surface area contributed by atoms with Gasteiger partial charge in [0.2, 0.25) is 0 Å². The maximum absolute atomic E-state index is 13.5. The van der Waals surface area contributed by atoms with E-state index < -0.39 is 23.0 Å². The summed E-state index contributed by atoms with van der Waals surface area (Å²) >= 11 is 1.30. The summed E-state index contributed by atoms with van der Waals surface area (Å²) < 4.78 is 27.0. The normalized spacial score (nSPS) is 10.6. The number of thioether (sulfide) groups is 1. The Morgan fingerprint density at radius 3 is 2.40 bits per heavy atom. The van der Waals surface area contributed by atoms with Crippen LogP contribution in [-0.4, -0.2) is 11.5 Å². The van der Waals surface area contributed by atoms with E-state index >= 15 is 0 Å². The van der Waals surface area contributed by atoms with Gasteiger partial charge in [0.25, 0.3) is 0 Å². The van der Waals surface area contributed by atoms with Gasteiger partial charge >= 0.3 is 0 Å². The third-order valence-corrected chi connectivity index (χ3v) is 4.10. The molecule has 2 aromatic rings. The molecule has 0 amide bonds. The molecule has 2 rings (SSSR count). The van der Waals surface area contributed by atoms with Crippen LogP contribution in [0.1, 0.15) is 21.5 Å². The van der Waals surface area contributed by atoms with Crippen molar-refractivity contribution in [2.24, 2.45) is 0 Å². The Bertz CT molecular complexity index is 633. The predicted molar refractivity (Wildman–Crippen MR) is 77.3 cm³/mol. The minimum absolute atomic E-state index is 0.0160. The highest BCUT2D eigenvalue weighted by Gasteiger charge is 2.17. The zero-order chi connectivity index (χ0) is 14.7. The van der Waals surface area contributed by atoms with E-state index in [0.717, 1.165) is 28.2 Å². The first kappa shape index (κ1) is 14.7. The Labute approximate surface area is 121 Å². The lowest BCUT2D eigenvalue weighted by atomic mass is 10.1. The van der Waals surface area contributed by atoms with Crippen molar-refractivity contribution in [1.29, 1.82) is 0 Å². The first-order chi connectivity index (χ1) is 9.49. The quantitative estimate of drug-likeness (QED) is 0.607. The highest BCUT2D eigenvalue weighted by Crippen LogP contribution is 2.25. The van der Waals surface area contributed by atoms with Crippen molar-refractivity contribution >= 4 is 17.5 Å². The van der Waals surface area contributed by atoms with Crippen molar-refractivity contribution in [3.8, 4) is 0 Å². The van der Waals surface area contributed by atoms with Crippen LogP contribution in [0, 0.1) is 25.5 Å². The van der Waals surface area contributed by atoms with E-state index in [9.17, 15) is 13.6 Å². The molecule has 0 saturated heterocycles. The molecule has 0 unspecified atom stereocenters. The standard InChI is InChI=1S/C16H14F2OS/c1-10-6-7-11(2)15(8-10)20-9-14(19)16-12(17)4-3-5-13(16)18/h3-8H,9H2,1-2H3. The second-order valence-corrected chi connectivity index (χ2v) is 5.59. The number of ketones is 1. The molecular weight excluding hydrogens is 278 g/mol. The summed E-state index contributed by atoms with van der Waals surface area (Å²) in [5.74, 6) is -2.14. The molecular formula is C16H14F2OS. The molecule has 0 atom stereocenters. The van der Waals surface area contributed by atoms with Gasteiger partial charge in [0.05, 0.1) is 11.3 Å². The molecule has 0 aromatic heterocycles. The highest BCUT2D eigenvalue weighted by atomic mass is 32.2. The van der Waals surface area contributed by atoms with Gasteiger partial charge in [0.1, 0.15) is 11.6 Å². The summed E-state index contributed by atoms with van der Waals surface area (Å²) in [5, 5.41) is 0. The van der Waals surface area contributed by atoms with Crippen LogP contribution >= 0.6 is 11.8 Å². The fourth-order valence-corrected chi connectivity index (χ4v) is 2.84. The van der Waals surface area contributed by atoms with Gasteiger partial charge in [-0.2, -0.15) is 0 Å². The SMILES string of the molecule is Cc1ccc(C)c(SCC(=O)c2c(F)cccc2F)c1. The van der Waals surface area contributed by atoms with E-state index in [1.54, 1.807) is 0 Å². The smallest absolute Gasteiger partial charge is 0.178 e. The lowest BCUT2D eigenvalue weighted by molar-refractivity contribution is 0.101. The molecule has 0 radical (unpaired) electrons. The molecule has 4 heteroatoms. The Balaban J connectivity index is 2.15. The van der Waals surface area contributed by atoms with Crippen molar-refractivity contribution < 1.29 is 13.6 Å². The maximum atomic E-state index is 13.5. The van der Waals surface area contributed by atoms with Crippen LogP contribution in [0.25, 0.3) is 0 Å². The summed E-state index contributed by atoms with van der Waals surface area (Å²) in [4.78, 5) is 12.9. The van der Waals surface area contributed by atoms with Crippen LogP contribution in [0.3, 0.4) is 0 Å². The van der Waals surface area contributed by atoms with Gasteiger partial charge in [0.15, 0.2) is 5.78 Å². The molecule has 0 saturated carbocycles. The van der Waals surface area contributed by atoms with E-state index in [1.165, 1.54) is 17.8 Å². The van der Waals surface area contributed by atoms with Gasteiger partial charge in [-0.15, -0.1) is 11.8 Å². The summed E-state index contributed by atoms with van der Waals surface area (Å²) in [7, 11) is 0. The Kier molecular flexibility index (Phi) is 4.55. The van der Waals surface area contributed by atoms with Crippen LogP contribution in [0.15, 0.2) is 41.3 Å². The van der Waals surface area contributed by atoms with Gasteiger partial charge in [-0.3, -0.25) is 4.79 Å². The molecule has 20 heavy (non-hydrogen) atoms. The second-order valence-electron chi connectivity index (χ2n) is 4.58. The number of halogens is 2. The lowest BCUT2D eigenvalue weighted by Gasteiger charge is -2.07. The minimum atomic E-state index is -0.809. The largest absolute Gasteiger partial charge is 0.293 e. The first-order valence-electron chi connectivity index (χ1n) is 6.16. The summed E-state index contributed by atoms with van der Waals surface area (Å²) in [6.07, 6.45) is 0. The molecule has 0 aliphatic heterocycles. The average Bonchev–Trinajstić information content (AvgIpc) is 2.39. The van der Waals surface area contributed by atoms with E-state index in [0.29, 0.717) is 0 Å². The molecule has 0 spiro atoms. The Hall–Kier alpha value is -1.68. The zero-order valence-electron chi connectivity index (χ0n) is 11.2. The van der Waals surface area contributed by atoms with E-state index in [2.05, 4.69) is 0 Å². The second kappa shape index (κ2) is 6.18. The number of benzene rings is 2. The number of Topliss-reactive ketones (excluding diaryl/α,β-unsaturated/α-hetero) is 1. The summed E-state index contributed by atoms with van der Waals surface area (Å²) in [6, 6.07) is 9.35. The Morgan fingerprint density at radius 1 is 1.10 bits per heavy atom. The van der Waals surface area contributed by atoms with Gasteiger partial charge in [-0.05, 0) is 37.6 Å². The molecule has 2 aromatic carbocycles. The number of hydrogen-bond donors (Lipinski definition) is 0. The molecule has 0 N–H and O–H groups in total. The summed E-state index contributed by atoms with van der Waals surface area (Å²) in [6.45, 7) is 3.90. The lowest BCUT2D eigenvalue weighted by Crippen LogP contribution is -2.08. The Morgan fingerprint density at radius 2 is 1.75 bits per heavy atom. The van der Waals surface area contributed by atoms with E-state index in [4.69, 9.17) is 0 Å². The van der Waals surface area contributed by atoms with E-state index in [-0.39, 0.29) is 5.75 Å². The monoisotopic (exact) mass is 292 g/mol. The van der Waals surface area contributed by atoms with Crippen LogP contribution in [0.5, 0.6) is 0 Å². The fraction of sp³-hybridized carbons (Fsp3) is 0.188.